The molecule has 0 radical (unpaired) electrons. The maximum absolute atomic E-state index is 14.6. The number of carbonyl (C=O) groups excluding carboxylic acids is 1. The van der Waals surface area contributed by atoms with Crippen LogP contribution in [0, 0.1) is 11.8 Å². The number of piperidine rings is 3. The first kappa shape index (κ1) is 30.0. The van der Waals surface area contributed by atoms with Gasteiger partial charge in [-0.3, -0.25) is 14.7 Å². The molecule has 5 aromatic carbocycles. The van der Waals surface area contributed by atoms with E-state index in [1.165, 1.54) is 0 Å². The molecule has 0 spiro atoms. The molecule has 3 saturated heterocycles. The normalized spacial score (nSPS) is 20.9. The van der Waals surface area contributed by atoms with E-state index < -0.39 is 6.04 Å². The number of nitrogens with zero attached hydrogens (tertiary/aromatic N) is 2. The second kappa shape index (κ2) is 12.0. The third kappa shape index (κ3) is 4.93. The van der Waals surface area contributed by atoms with Crippen molar-refractivity contribution >= 4 is 38.4 Å². The van der Waals surface area contributed by atoms with E-state index in [1.54, 1.807) is 25.4 Å². The molecule has 3 N–H and O–H groups in total. The van der Waals surface area contributed by atoms with Crippen LogP contribution in [0.15, 0.2) is 110 Å². The molecular formula is C41H37N3O4. The van der Waals surface area contributed by atoms with E-state index in [4.69, 9.17) is 4.74 Å². The van der Waals surface area contributed by atoms with Crippen molar-refractivity contribution in [1.29, 1.82) is 0 Å². The number of methoxy groups -OCH3 is 1. The van der Waals surface area contributed by atoms with Gasteiger partial charge in [0.25, 0.3) is 5.91 Å². The summed E-state index contributed by atoms with van der Waals surface area (Å²) in [6, 6.07) is 28.1. The van der Waals surface area contributed by atoms with Crippen molar-refractivity contribution in [1.82, 2.24) is 15.2 Å². The number of amides is 1. The molecular weight excluding hydrogens is 598 g/mol. The van der Waals surface area contributed by atoms with Crippen LogP contribution < -0.4 is 10.1 Å². The maximum Gasteiger partial charge on any atom is 0.255 e. The number of hydrogen-bond acceptors (Lipinski definition) is 6. The molecule has 1 unspecified atom stereocenters. The van der Waals surface area contributed by atoms with Gasteiger partial charge in [0.15, 0.2) is 0 Å². The van der Waals surface area contributed by atoms with Gasteiger partial charge in [0, 0.05) is 35.3 Å². The molecule has 3 fully saturated rings. The van der Waals surface area contributed by atoms with Gasteiger partial charge in [0.2, 0.25) is 0 Å². The summed E-state index contributed by atoms with van der Waals surface area (Å²) in [7, 11) is 1.64. The first-order chi connectivity index (χ1) is 23.4. The maximum atomic E-state index is 14.6. The van der Waals surface area contributed by atoms with Gasteiger partial charge in [-0.05, 0) is 94.7 Å². The zero-order valence-electron chi connectivity index (χ0n) is 26.8. The van der Waals surface area contributed by atoms with Crippen molar-refractivity contribution < 1.29 is 19.7 Å². The number of ether oxygens (including phenoxy) is 1. The van der Waals surface area contributed by atoms with Crippen LogP contribution >= 0.6 is 0 Å². The highest BCUT2D eigenvalue weighted by Crippen LogP contribution is 2.47. The van der Waals surface area contributed by atoms with E-state index in [0.717, 1.165) is 63.9 Å². The van der Waals surface area contributed by atoms with E-state index in [0.29, 0.717) is 28.7 Å². The molecule has 7 heteroatoms. The van der Waals surface area contributed by atoms with Crippen LogP contribution in [0.1, 0.15) is 34.8 Å². The molecule has 1 amide bonds. The second-order valence-corrected chi connectivity index (χ2v) is 13.0. The lowest BCUT2D eigenvalue weighted by atomic mass is 9.73. The number of nitrogens with one attached hydrogen (secondary N) is 1. The highest BCUT2D eigenvalue weighted by molar-refractivity contribution is 6.14. The minimum absolute atomic E-state index is 0.0320. The number of hydrogen-bond donors (Lipinski definition) is 3. The van der Waals surface area contributed by atoms with E-state index in [9.17, 15) is 15.0 Å². The van der Waals surface area contributed by atoms with Gasteiger partial charge in [-0.15, -0.1) is 6.58 Å². The Balaban J connectivity index is 1.29. The molecule has 1 aromatic heterocycles. The zero-order chi connectivity index (χ0) is 32.9. The van der Waals surface area contributed by atoms with Crippen molar-refractivity contribution in [3.05, 3.63) is 121 Å². The van der Waals surface area contributed by atoms with Crippen molar-refractivity contribution in [3.8, 4) is 28.4 Å². The van der Waals surface area contributed by atoms with Crippen molar-refractivity contribution in [2.24, 2.45) is 11.8 Å². The molecule has 4 heterocycles. The fraction of sp³-hybridized carbons (Fsp3) is 0.220. The Morgan fingerprint density at radius 2 is 1.73 bits per heavy atom. The largest absolute Gasteiger partial charge is 0.507 e. The molecule has 3 aliphatic rings. The number of rotatable bonds is 7. The van der Waals surface area contributed by atoms with Crippen molar-refractivity contribution in [2.45, 2.75) is 24.9 Å². The highest BCUT2D eigenvalue weighted by atomic mass is 16.5. The van der Waals surface area contributed by atoms with E-state index in [1.807, 2.05) is 78.9 Å². The van der Waals surface area contributed by atoms with Crippen molar-refractivity contribution in [2.75, 3.05) is 20.2 Å². The summed E-state index contributed by atoms with van der Waals surface area (Å²) in [5.41, 5.74) is 2.84. The first-order valence-electron chi connectivity index (χ1n) is 16.5. The summed E-state index contributed by atoms with van der Waals surface area (Å²) in [4.78, 5) is 21.7. The lowest BCUT2D eigenvalue weighted by Gasteiger charge is -2.51. The minimum atomic E-state index is -0.399. The van der Waals surface area contributed by atoms with Gasteiger partial charge in [0.05, 0.1) is 24.2 Å². The zero-order valence-corrected chi connectivity index (χ0v) is 26.8. The Morgan fingerprint density at radius 3 is 2.48 bits per heavy atom. The van der Waals surface area contributed by atoms with Gasteiger partial charge in [-0.2, -0.15) is 0 Å². The smallest absolute Gasteiger partial charge is 0.255 e. The Hall–Kier alpha value is -5.40. The average molecular weight is 636 g/mol. The monoisotopic (exact) mass is 635 g/mol. The fourth-order valence-electron chi connectivity index (χ4n) is 8.15. The van der Waals surface area contributed by atoms with Gasteiger partial charge in [0.1, 0.15) is 17.2 Å². The van der Waals surface area contributed by atoms with Crippen LogP contribution in [0.2, 0.25) is 0 Å². The predicted octanol–water partition coefficient (Wildman–Crippen LogP) is 8.00. The Kier molecular flexibility index (Phi) is 7.49. The summed E-state index contributed by atoms with van der Waals surface area (Å²) < 4.78 is 5.59. The molecule has 48 heavy (non-hydrogen) atoms. The van der Waals surface area contributed by atoms with Gasteiger partial charge in [-0.25, -0.2) is 0 Å². The quantitative estimate of drug-likeness (QED) is 0.154. The van der Waals surface area contributed by atoms with Crippen LogP contribution in [-0.2, 0) is 0 Å². The summed E-state index contributed by atoms with van der Waals surface area (Å²) >= 11 is 0. The van der Waals surface area contributed by atoms with Gasteiger partial charge < -0.3 is 20.3 Å². The van der Waals surface area contributed by atoms with Gasteiger partial charge in [-0.1, -0.05) is 60.7 Å². The number of carbonyl (C=O) groups is 1. The van der Waals surface area contributed by atoms with E-state index >= 15 is 0 Å². The number of pyridine rings is 1. The van der Waals surface area contributed by atoms with Crippen LogP contribution in [0.3, 0.4) is 0 Å². The standard InChI is InChI=1S/C41H37N3O4/c1-3-24-23-44-19-17-26(24)21-35(44)39(31-16-18-42-34-14-13-28(48-2)22-32(31)34)43-41(47)33-20-27-9-5-7-11-30(27)38(40(33)46)37-29-10-6-4-8-25(29)12-15-36(37)45/h3-16,18,20,22,24,26,35,39,45-46H,1,17,19,21,23H2,2H3,(H,43,47)/t24-,26-,35+,39+/m0/s1. The molecule has 7 nitrogen and oxygen atoms in total. The topological polar surface area (TPSA) is 94.9 Å². The van der Waals surface area contributed by atoms with Crippen LogP contribution in [0.4, 0.5) is 0 Å². The number of benzene rings is 5. The van der Waals surface area contributed by atoms with E-state index in [2.05, 4.69) is 27.9 Å². The van der Waals surface area contributed by atoms with Crippen LogP contribution in [-0.4, -0.2) is 52.2 Å². The molecule has 2 bridgehead atoms. The molecule has 6 aromatic rings. The summed E-state index contributed by atoms with van der Waals surface area (Å²) in [5.74, 6) is 1.08. The molecule has 5 atom stereocenters. The van der Waals surface area contributed by atoms with E-state index in [-0.39, 0.29) is 29.0 Å². The fourth-order valence-corrected chi connectivity index (χ4v) is 8.15. The van der Waals surface area contributed by atoms with Gasteiger partial charge >= 0.3 is 0 Å². The molecule has 240 valence electrons. The summed E-state index contributed by atoms with van der Waals surface area (Å²) in [6.45, 7) is 5.95. The Bertz CT molecular complexity index is 2230. The average Bonchev–Trinajstić information content (AvgIpc) is 3.13. The summed E-state index contributed by atoms with van der Waals surface area (Å²) in [5, 5.41) is 30.9. The number of aromatic hydroxyl groups is 2. The highest BCUT2D eigenvalue weighted by Gasteiger charge is 2.43. The molecule has 3 aliphatic heterocycles. The number of fused-ring (bicyclic) bond motifs is 6. The lowest BCUT2D eigenvalue weighted by molar-refractivity contribution is 0.00169. The SMILES string of the molecule is C=C[C@H]1CN2CC[C@H]1C[C@@H]2[C@H](NC(=O)c1cc2ccccc2c(-c2c(O)ccc3ccccc23)c1O)c1ccnc2ccc(OC)cc12. The Morgan fingerprint density at radius 1 is 0.958 bits per heavy atom. The first-order valence-corrected chi connectivity index (χ1v) is 16.5. The minimum Gasteiger partial charge on any atom is -0.507 e. The third-order valence-electron chi connectivity index (χ3n) is 10.6. The second-order valence-electron chi connectivity index (χ2n) is 13.0. The number of phenolic OH excluding ortho intramolecular Hbond substituents is 2. The molecule has 0 aliphatic carbocycles. The number of phenols is 2. The Labute approximate surface area is 279 Å². The number of aromatic nitrogens is 1. The lowest BCUT2D eigenvalue weighted by Crippen LogP contribution is -2.57. The molecule has 0 saturated carbocycles. The van der Waals surface area contributed by atoms with Crippen molar-refractivity contribution in [3.63, 3.8) is 0 Å². The third-order valence-corrected chi connectivity index (χ3v) is 10.6. The predicted molar refractivity (Wildman–Crippen MR) is 190 cm³/mol. The van der Waals surface area contributed by atoms with Crippen LogP contribution in [0.25, 0.3) is 43.6 Å². The summed E-state index contributed by atoms with van der Waals surface area (Å²) in [6.07, 6.45) is 5.88. The molecule has 9 rings (SSSR count). The van der Waals surface area contributed by atoms with Crippen LogP contribution in [0.5, 0.6) is 17.2 Å².